The van der Waals surface area contributed by atoms with Gasteiger partial charge in [0.05, 0.1) is 23.1 Å². The van der Waals surface area contributed by atoms with Crippen molar-refractivity contribution in [3.8, 4) is 0 Å². The summed E-state index contributed by atoms with van der Waals surface area (Å²) in [6.07, 6.45) is 1.22. The maximum absolute atomic E-state index is 12.7. The molecule has 3 heterocycles. The topological polar surface area (TPSA) is 120 Å². The van der Waals surface area contributed by atoms with Crippen LogP contribution in [0.15, 0.2) is 71.7 Å². The molecule has 33 heavy (non-hydrogen) atoms. The SMILES string of the molecule is CN1c2ncccc2C(=O)N[C@@H]1c1cccc(NC(=O)Cc2n[nH]c(=O)c3ccccc23)c1. The average molecular weight is 440 g/mol. The summed E-state index contributed by atoms with van der Waals surface area (Å²) in [5.74, 6) is 0.119. The summed E-state index contributed by atoms with van der Waals surface area (Å²) >= 11 is 0. The maximum Gasteiger partial charge on any atom is 0.272 e. The Kier molecular flexibility index (Phi) is 5.06. The monoisotopic (exact) mass is 440 g/mol. The minimum absolute atomic E-state index is 0.00111. The molecule has 0 unspecified atom stereocenters. The number of hydrogen-bond donors (Lipinski definition) is 3. The summed E-state index contributed by atoms with van der Waals surface area (Å²) in [6.45, 7) is 0. The van der Waals surface area contributed by atoms with Crippen LogP contribution < -0.4 is 21.1 Å². The highest BCUT2D eigenvalue weighted by molar-refractivity contribution is 6.01. The Morgan fingerprint density at radius 2 is 1.88 bits per heavy atom. The molecule has 0 radical (unpaired) electrons. The lowest BCUT2D eigenvalue weighted by atomic mass is 10.1. The van der Waals surface area contributed by atoms with E-state index in [0.29, 0.717) is 33.5 Å². The normalized spacial score (nSPS) is 15.1. The highest BCUT2D eigenvalue weighted by Crippen LogP contribution is 2.30. The van der Waals surface area contributed by atoms with Crippen molar-refractivity contribution < 1.29 is 9.59 Å². The molecule has 3 N–H and O–H groups in total. The molecule has 0 aliphatic carbocycles. The highest BCUT2D eigenvalue weighted by atomic mass is 16.2. The van der Waals surface area contributed by atoms with Crippen molar-refractivity contribution in [2.24, 2.45) is 0 Å². The van der Waals surface area contributed by atoms with Gasteiger partial charge in [0.1, 0.15) is 12.0 Å². The fourth-order valence-corrected chi connectivity index (χ4v) is 4.03. The number of carbonyl (C=O) groups excluding carboxylic acids is 2. The Balaban J connectivity index is 1.37. The molecule has 0 fully saturated rings. The molecule has 2 aromatic heterocycles. The third kappa shape index (κ3) is 3.80. The van der Waals surface area contributed by atoms with E-state index in [1.165, 1.54) is 0 Å². The Bertz CT molecular complexity index is 1450. The number of nitrogens with one attached hydrogen (secondary N) is 3. The summed E-state index contributed by atoms with van der Waals surface area (Å²) in [6, 6.07) is 17.8. The van der Waals surface area contributed by atoms with Gasteiger partial charge in [-0.25, -0.2) is 10.1 Å². The lowest BCUT2D eigenvalue weighted by Gasteiger charge is -2.35. The van der Waals surface area contributed by atoms with Gasteiger partial charge >= 0.3 is 0 Å². The van der Waals surface area contributed by atoms with E-state index < -0.39 is 6.17 Å². The van der Waals surface area contributed by atoms with Crippen LogP contribution >= 0.6 is 0 Å². The number of rotatable bonds is 4. The van der Waals surface area contributed by atoms with E-state index in [4.69, 9.17) is 0 Å². The first-order chi connectivity index (χ1) is 16.0. The fourth-order valence-electron chi connectivity index (χ4n) is 4.03. The fraction of sp³-hybridized carbons (Fsp3) is 0.125. The van der Waals surface area contributed by atoms with Gasteiger partial charge in [-0.05, 0) is 35.9 Å². The van der Waals surface area contributed by atoms with E-state index in [1.807, 2.05) is 30.1 Å². The first kappa shape index (κ1) is 20.4. The van der Waals surface area contributed by atoms with Gasteiger partial charge in [0.25, 0.3) is 11.5 Å². The van der Waals surface area contributed by atoms with E-state index in [0.717, 1.165) is 5.56 Å². The zero-order valence-electron chi connectivity index (χ0n) is 17.7. The van der Waals surface area contributed by atoms with Crippen molar-refractivity contribution in [2.75, 3.05) is 17.3 Å². The number of pyridine rings is 1. The van der Waals surface area contributed by atoms with Crippen LogP contribution in [-0.2, 0) is 11.2 Å². The number of carbonyl (C=O) groups is 2. The van der Waals surface area contributed by atoms with Crippen LogP contribution in [0.1, 0.15) is 27.8 Å². The van der Waals surface area contributed by atoms with Gasteiger partial charge in [-0.3, -0.25) is 14.4 Å². The number of benzene rings is 2. The van der Waals surface area contributed by atoms with Gasteiger partial charge in [0.15, 0.2) is 0 Å². The van der Waals surface area contributed by atoms with Gasteiger partial charge in [0.2, 0.25) is 5.91 Å². The second kappa shape index (κ2) is 8.19. The van der Waals surface area contributed by atoms with Crippen LogP contribution in [-0.4, -0.2) is 34.0 Å². The molecule has 9 heteroatoms. The lowest BCUT2D eigenvalue weighted by Crippen LogP contribution is -2.45. The van der Waals surface area contributed by atoms with Crippen LogP contribution in [0.4, 0.5) is 11.5 Å². The predicted molar refractivity (Wildman–Crippen MR) is 124 cm³/mol. The van der Waals surface area contributed by atoms with Crippen molar-refractivity contribution in [1.29, 1.82) is 0 Å². The van der Waals surface area contributed by atoms with Crippen molar-refractivity contribution in [2.45, 2.75) is 12.6 Å². The number of nitrogens with zero attached hydrogens (tertiary/aromatic N) is 3. The van der Waals surface area contributed by atoms with Gasteiger partial charge in [-0.15, -0.1) is 0 Å². The molecule has 1 atom stereocenters. The number of anilines is 2. The zero-order valence-corrected chi connectivity index (χ0v) is 17.7. The Morgan fingerprint density at radius 1 is 1.06 bits per heavy atom. The molecular weight excluding hydrogens is 420 g/mol. The van der Waals surface area contributed by atoms with Crippen LogP contribution in [0.5, 0.6) is 0 Å². The van der Waals surface area contributed by atoms with E-state index >= 15 is 0 Å². The number of fused-ring (bicyclic) bond motifs is 2. The molecular formula is C24H20N6O3. The number of H-pyrrole nitrogens is 1. The van der Waals surface area contributed by atoms with Crippen LogP contribution in [0, 0.1) is 0 Å². The van der Waals surface area contributed by atoms with Crippen molar-refractivity contribution in [1.82, 2.24) is 20.5 Å². The average Bonchev–Trinajstić information content (AvgIpc) is 2.83. The molecule has 0 saturated heterocycles. The molecule has 164 valence electrons. The largest absolute Gasteiger partial charge is 0.335 e. The molecule has 0 saturated carbocycles. The molecule has 0 bridgehead atoms. The number of hydrogen-bond acceptors (Lipinski definition) is 6. The van der Waals surface area contributed by atoms with Gasteiger partial charge in [0, 0.05) is 24.3 Å². The van der Waals surface area contributed by atoms with E-state index in [-0.39, 0.29) is 23.8 Å². The van der Waals surface area contributed by atoms with Gasteiger partial charge in [-0.2, -0.15) is 5.10 Å². The highest BCUT2D eigenvalue weighted by Gasteiger charge is 2.30. The third-order valence-corrected chi connectivity index (χ3v) is 5.61. The van der Waals surface area contributed by atoms with Crippen molar-refractivity contribution in [3.63, 3.8) is 0 Å². The van der Waals surface area contributed by atoms with Gasteiger partial charge < -0.3 is 15.5 Å². The van der Waals surface area contributed by atoms with Crippen molar-refractivity contribution >= 4 is 34.1 Å². The molecule has 4 aromatic rings. The third-order valence-electron chi connectivity index (χ3n) is 5.61. The molecule has 0 spiro atoms. The first-order valence-electron chi connectivity index (χ1n) is 10.4. The Hall–Kier alpha value is -4.53. The van der Waals surface area contributed by atoms with Crippen LogP contribution in [0.25, 0.3) is 10.8 Å². The number of aromatic nitrogens is 3. The summed E-state index contributed by atoms with van der Waals surface area (Å²) in [4.78, 5) is 43.5. The summed E-state index contributed by atoms with van der Waals surface area (Å²) in [7, 11) is 1.86. The Morgan fingerprint density at radius 3 is 2.73 bits per heavy atom. The second-order valence-electron chi connectivity index (χ2n) is 7.76. The van der Waals surface area contributed by atoms with E-state index in [2.05, 4.69) is 25.8 Å². The standard InChI is InChI=1S/C24H20N6O3/c1-30-21(27-23(32)18-10-5-11-25-22(18)30)14-6-4-7-15(12-14)26-20(31)13-19-16-8-2-3-9-17(16)24(33)29-28-19/h2-12,21H,13H2,1H3,(H,26,31)(H,27,32)(H,29,33)/t21-/m0/s1. The molecule has 5 rings (SSSR count). The molecule has 2 aromatic carbocycles. The predicted octanol–water partition coefficient (Wildman–Crippen LogP) is 2.38. The zero-order chi connectivity index (χ0) is 22.9. The number of aromatic amines is 1. The van der Waals surface area contributed by atoms with Crippen LogP contribution in [0.3, 0.4) is 0 Å². The van der Waals surface area contributed by atoms with Gasteiger partial charge in [-0.1, -0.05) is 30.3 Å². The summed E-state index contributed by atoms with van der Waals surface area (Å²) < 4.78 is 0. The van der Waals surface area contributed by atoms with E-state index in [1.54, 1.807) is 48.7 Å². The smallest absolute Gasteiger partial charge is 0.272 e. The second-order valence-corrected chi connectivity index (χ2v) is 7.76. The molecule has 2 amide bonds. The number of amides is 2. The first-order valence-corrected chi connectivity index (χ1v) is 10.4. The Labute approximate surface area is 188 Å². The quantitative estimate of drug-likeness (QED) is 0.448. The molecule has 1 aliphatic heterocycles. The minimum Gasteiger partial charge on any atom is -0.335 e. The molecule has 9 nitrogen and oxygen atoms in total. The van der Waals surface area contributed by atoms with E-state index in [9.17, 15) is 14.4 Å². The summed E-state index contributed by atoms with van der Waals surface area (Å²) in [5, 5.41) is 13.5. The maximum atomic E-state index is 12.7. The van der Waals surface area contributed by atoms with Crippen LogP contribution in [0.2, 0.25) is 0 Å². The minimum atomic E-state index is -0.429. The lowest BCUT2D eigenvalue weighted by molar-refractivity contribution is -0.115. The van der Waals surface area contributed by atoms with Crippen molar-refractivity contribution in [3.05, 3.63) is 94.0 Å². The summed E-state index contributed by atoms with van der Waals surface area (Å²) in [5.41, 5.74) is 2.09. The molecule has 1 aliphatic rings.